The first-order valence-corrected chi connectivity index (χ1v) is 10.2. The molecule has 0 saturated carbocycles. The van der Waals surface area contributed by atoms with Gasteiger partial charge in [-0.3, -0.25) is 0 Å². The predicted molar refractivity (Wildman–Crippen MR) is 91.9 cm³/mol. The molecular weight excluding hydrogens is 310 g/mol. The number of ether oxygens (including phenoxy) is 1. The highest BCUT2D eigenvalue weighted by molar-refractivity contribution is 7.89. The number of hydrogen-bond donors (Lipinski definition) is 0. The monoisotopic (exact) mass is 337 g/mol. The summed E-state index contributed by atoms with van der Waals surface area (Å²) < 4.78 is 32.9. The van der Waals surface area contributed by atoms with Crippen LogP contribution in [0.25, 0.3) is 0 Å². The number of hydrogen-bond acceptors (Lipinski definition) is 3. The van der Waals surface area contributed by atoms with Crippen molar-refractivity contribution in [1.29, 1.82) is 0 Å². The van der Waals surface area contributed by atoms with Gasteiger partial charge in [-0.2, -0.15) is 0 Å². The second-order valence-electron chi connectivity index (χ2n) is 6.69. The lowest BCUT2D eigenvalue weighted by Gasteiger charge is -2.39. The average Bonchev–Trinajstić information content (AvgIpc) is 2.62. The van der Waals surface area contributed by atoms with Gasteiger partial charge in [0.25, 0.3) is 0 Å². The highest BCUT2D eigenvalue weighted by Crippen LogP contribution is 2.36. The zero-order chi connectivity index (χ0) is 16.3. The molecule has 5 heteroatoms. The lowest BCUT2D eigenvalue weighted by Crippen LogP contribution is -2.47. The molecule has 0 aliphatic carbocycles. The second-order valence-corrected chi connectivity index (χ2v) is 8.90. The Morgan fingerprint density at radius 1 is 1.13 bits per heavy atom. The zero-order valence-corrected chi connectivity index (χ0v) is 14.7. The third-order valence-electron chi connectivity index (χ3n) is 5.40. The minimum atomic E-state index is -3.18. The maximum Gasteiger partial charge on any atom is 0.217 e. The molecule has 0 N–H and O–H groups in total. The molecule has 23 heavy (non-hydrogen) atoms. The van der Waals surface area contributed by atoms with Gasteiger partial charge in [0.2, 0.25) is 10.0 Å². The smallest absolute Gasteiger partial charge is 0.217 e. The Morgan fingerprint density at radius 2 is 1.83 bits per heavy atom. The molecule has 2 aliphatic heterocycles. The lowest BCUT2D eigenvalue weighted by atomic mass is 9.80. The molecular formula is C18H27NO3S. The van der Waals surface area contributed by atoms with Crippen molar-refractivity contribution in [2.45, 2.75) is 43.8 Å². The molecule has 1 aromatic carbocycles. The van der Waals surface area contributed by atoms with E-state index >= 15 is 0 Å². The molecule has 4 nitrogen and oxygen atoms in total. The minimum Gasteiger partial charge on any atom is -0.381 e. The highest BCUT2D eigenvalue weighted by atomic mass is 32.2. The zero-order valence-electron chi connectivity index (χ0n) is 13.9. The fraction of sp³-hybridized carbons (Fsp3) is 0.667. The van der Waals surface area contributed by atoms with Crippen molar-refractivity contribution in [2.75, 3.05) is 26.3 Å². The van der Waals surface area contributed by atoms with Crippen LogP contribution in [0, 0.1) is 5.92 Å². The van der Waals surface area contributed by atoms with Gasteiger partial charge in [0.1, 0.15) is 0 Å². The van der Waals surface area contributed by atoms with Crippen molar-refractivity contribution in [1.82, 2.24) is 4.31 Å². The van der Waals surface area contributed by atoms with Crippen molar-refractivity contribution in [3.8, 4) is 0 Å². The van der Waals surface area contributed by atoms with Crippen LogP contribution in [-0.2, 0) is 14.8 Å². The summed E-state index contributed by atoms with van der Waals surface area (Å²) in [4.78, 5) is 0. The summed E-state index contributed by atoms with van der Waals surface area (Å²) in [5, 5.41) is -0.248. The highest BCUT2D eigenvalue weighted by Gasteiger charge is 2.38. The Kier molecular flexibility index (Phi) is 5.39. The lowest BCUT2D eigenvalue weighted by molar-refractivity contribution is 0.0964. The van der Waals surface area contributed by atoms with Gasteiger partial charge in [0.15, 0.2) is 0 Å². The van der Waals surface area contributed by atoms with Gasteiger partial charge < -0.3 is 4.74 Å². The molecule has 2 saturated heterocycles. The first kappa shape index (κ1) is 16.9. The van der Waals surface area contributed by atoms with E-state index in [2.05, 4.69) is 31.2 Å². The van der Waals surface area contributed by atoms with Gasteiger partial charge in [0.05, 0.1) is 5.25 Å². The topological polar surface area (TPSA) is 46.6 Å². The van der Waals surface area contributed by atoms with Gasteiger partial charge in [-0.1, -0.05) is 43.7 Å². The number of rotatable bonds is 4. The van der Waals surface area contributed by atoms with E-state index in [1.165, 1.54) is 5.56 Å². The fourth-order valence-corrected chi connectivity index (χ4v) is 5.94. The van der Waals surface area contributed by atoms with Gasteiger partial charge in [-0.15, -0.1) is 0 Å². The maximum absolute atomic E-state index is 12.9. The molecule has 0 bridgehead atoms. The van der Waals surface area contributed by atoms with Crippen LogP contribution in [0.1, 0.15) is 44.1 Å². The van der Waals surface area contributed by atoms with Crippen LogP contribution in [0.4, 0.5) is 0 Å². The molecule has 0 radical (unpaired) electrons. The predicted octanol–water partition coefficient (Wildman–Crippen LogP) is 3.01. The normalized spacial score (nSPS) is 27.9. The summed E-state index contributed by atoms with van der Waals surface area (Å²) in [6.07, 6.45) is 3.21. The second kappa shape index (κ2) is 7.32. The van der Waals surface area contributed by atoms with E-state index in [0.717, 1.165) is 12.8 Å². The van der Waals surface area contributed by atoms with Gasteiger partial charge in [-0.05, 0) is 36.7 Å². The quantitative estimate of drug-likeness (QED) is 0.848. The maximum atomic E-state index is 12.9. The van der Waals surface area contributed by atoms with Crippen molar-refractivity contribution >= 4 is 10.0 Å². The molecule has 0 spiro atoms. The summed E-state index contributed by atoms with van der Waals surface area (Å²) in [5.74, 6) is 0.878. The van der Waals surface area contributed by atoms with E-state index in [-0.39, 0.29) is 5.25 Å². The molecule has 2 unspecified atom stereocenters. The third-order valence-corrected chi connectivity index (χ3v) is 7.76. The Bertz CT molecular complexity index is 596. The minimum absolute atomic E-state index is 0.248. The fourth-order valence-electron chi connectivity index (χ4n) is 3.97. The van der Waals surface area contributed by atoms with Gasteiger partial charge in [0, 0.05) is 26.3 Å². The third kappa shape index (κ3) is 3.62. The van der Waals surface area contributed by atoms with Crippen LogP contribution in [0.2, 0.25) is 0 Å². The summed E-state index contributed by atoms with van der Waals surface area (Å²) in [6.45, 7) is 4.62. The van der Waals surface area contributed by atoms with Gasteiger partial charge >= 0.3 is 0 Å². The Morgan fingerprint density at radius 3 is 2.48 bits per heavy atom. The molecule has 1 aromatic rings. The molecule has 2 heterocycles. The average molecular weight is 337 g/mol. The van der Waals surface area contributed by atoms with Crippen LogP contribution in [-0.4, -0.2) is 44.3 Å². The van der Waals surface area contributed by atoms with Crippen LogP contribution in [0.3, 0.4) is 0 Å². The Labute approximate surface area is 139 Å². The first-order valence-electron chi connectivity index (χ1n) is 8.74. The van der Waals surface area contributed by atoms with Crippen molar-refractivity contribution in [2.24, 2.45) is 5.92 Å². The van der Waals surface area contributed by atoms with E-state index in [1.807, 2.05) is 6.07 Å². The summed E-state index contributed by atoms with van der Waals surface area (Å²) in [6, 6.07) is 10.5. The SMILES string of the molecule is CCC1CN(S(=O)(=O)C2CCOCC2)CCC1c1ccccc1. The summed E-state index contributed by atoms with van der Waals surface area (Å²) in [5.41, 5.74) is 1.35. The number of piperidine rings is 1. The molecule has 0 amide bonds. The Balaban J connectivity index is 1.73. The van der Waals surface area contributed by atoms with E-state index in [9.17, 15) is 8.42 Å². The van der Waals surface area contributed by atoms with Crippen molar-refractivity contribution < 1.29 is 13.2 Å². The number of benzene rings is 1. The molecule has 2 aliphatic rings. The first-order chi connectivity index (χ1) is 11.1. The van der Waals surface area contributed by atoms with E-state index in [0.29, 0.717) is 51.0 Å². The van der Waals surface area contributed by atoms with Crippen molar-refractivity contribution in [3.63, 3.8) is 0 Å². The number of nitrogens with zero attached hydrogens (tertiary/aromatic N) is 1. The molecule has 3 rings (SSSR count). The van der Waals surface area contributed by atoms with E-state index in [4.69, 9.17) is 4.74 Å². The van der Waals surface area contributed by atoms with E-state index in [1.54, 1.807) is 4.31 Å². The van der Waals surface area contributed by atoms with Crippen LogP contribution >= 0.6 is 0 Å². The molecule has 2 atom stereocenters. The molecule has 0 aromatic heterocycles. The Hall–Kier alpha value is -0.910. The van der Waals surface area contributed by atoms with E-state index < -0.39 is 10.0 Å². The largest absolute Gasteiger partial charge is 0.381 e. The molecule has 128 valence electrons. The summed E-state index contributed by atoms with van der Waals surface area (Å²) >= 11 is 0. The molecule has 2 fully saturated rings. The van der Waals surface area contributed by atoms with Crippen LogP contribution in [0.5, 0.6) is 0 Å². The van der Waals surface area contributed by atoms with Crippen molar-refractivity contribution in [3.05, 3.63) is 35.9 Å². The number of sulfonamides is 1. The summed E-state index contributed by atoms with van der Waals surface area (Å²) in [7, 11) is -3.18. The van der Waals surface area contributed by atoms with Gasteiger partial charge in [-0.25, -0.2) is 12.7 Å². The standard InChI is InChI=1S/C18H27NO3S/c1-2-15-14-19(23(20,21)17-9-12-22-13-10-17)11-8-18(15)16-6-4-3-5-7-16/h3-7,15,17-18H,2,8-14H2,1H3. The van der Waals surface area contributed by atoms with Crippen LogP contribution in [0.15, 0.2) is 30.3 Å². The van der Waals surface area contributed by atoms with Crippen LogP contribution < -0.4 is 0 Å².